The van der Waals surface area contributed by atoms with E-state index < -0.39 is 11.3 Å². The summed E-state index contributed by atoms with van der Waals surface area (Å²) < 4.78 is 7.75. The topological polar surface area (TPSA) is 76.5 Å². The molecule has 2 amide bonds. The molecule has 7 heteroatoms. The molecule has 1 aliphatic carbocycles. The van der Waals surface area contributed by atoms with Crippen molar-refractivity contribution < 1.29 is 14.3 Å². The lowest BCUT2D eigenvalue weighted by Gasteiger charge is -2.39. The number of nitrogens with zero attached hydrogens (tertiary/aromatic N) is 3. The van der Waals surface area contributed by atoms with Crippen molar-refractivity contribution in [3.05, 3.63) is 17.5 Å². The predicted molar refractivity (Wildman–Crippen MR) is 95.6 cm³/mol. The largest absolute Gasteiger partial charge is 0.338 e. The van der Waals surface area contributed by atoms with Gasteiger partial charge in [-0.05, 0) is 45.6 Å². The Morgan fingerprint density at radius 3 is 2.69 bits per heavy atom. The molecule has 4 rings (SSSR count). The third-order valence-corrected chi connectivity index (χ3v) is 5.97. The van der Waals surface area contributed by atoms with Gasteiger partial charge in [-0.2, -0.15) is 5.10 Å². The molecular weight excluding hydrogens is 332 g/mol. The molecule has 26 heavy (non-hydrogen) atoms. The van der Waals surface area contributed by atoms with Crippen LogP contribution in [0.4, 0.5) is 0 Å². The highest BCUT2D eigenvalue weighted by molar-refractivity contribution is 5.93. The molecule has 1 aromatic rings. The molecule has 1 atom stereocenters. The molecule has 3 fully saturated rings. The number of nitrogens with one attached hydrogen (secondary N) is 1. The highest BCUT2D eigenvalue weighted by atomic mass is 16.6. The number of amides is 2. The lowest BCUT2D eigenvalue weighted by molar-refractivity contribution is -0.138. The number of likely N-dealkylation sites (tertiary alicyclic amines) is 1. The third-order valence-electron chi connectivity index (χ3n) is 5.97. The summed E-state index contributed by atoms with van der Waals surface area (Å²) in [7, 11) is 1.84. The summed E-state index contributed by atoms with van der Waals surface area (Å²) in [5.74, 6) is 0.329. The molecule has 1 saturated carbocycles. The minimum atomic E-state index is -0.853. The fourth-order valence-corrected chi connectivity index (χ4v) is 4.57. The van der Waals surface area contributed by atoms with Gasteiger partial charge in [-0.15, -0.1) is 0 Å². The molecular formula is C19H28N4O3. The summed E-state index contributed by atoms with van der Waals surface area (Å²) in [5.41, 5.74) is 0.0365. The number of carbonyl (C=O) groups excluding carboxylic acids is 2. The summed E-state index contributed by atoms with van der Waals surface area (Å²) in [6, 6.07) is 1.96. The molecule has 2 aliphatic heterocycles. The maximum atomic E-state index is 13.1. The van der Waals surface area contributed by atoms with Gasteiger partial charge < -0.3 is 15.0 Å². The van der Waals surface area contributed by atoms with Crippen LogP contribution in [-0.2, 0) is 16.6 Å². The van der Waals surface area contributed by atoms with Crippen LogP contribution in [0.15, 0.2) is 6.07 Å². The van der Waals surface area contributed by atoms with Crippen molar-refractivity contribution in [2.75, 3.05) is 13.1 Å². The fraction of sp³-hybridized carbons (Fsp3) is 0.737. The Hall–Kier alpha value is -1.89. The van der Waals surface area contributed by atoms with Crippen LogP contribution < -0.4 is 5.32 Å². The minimum absolute atomic E-state index is 0.0362. The average Bonchev–Trinajstić information content (AvgIpc) is 3.26. The molecule has 0 aromatic carbocycles. The third kappa shape index (κ3) is 2.92. The summed E-state index contributed by atoms with van der Waals surface area (Å²) in [6.07, 6.45) is 6.33. The lowest BCUT2D eigenvalue weighted by Crippen LogP contribution is -2.57. The average molecular weight is 360 g/mol. The van der Waals surface area contributed by atoms with Gasteiger partial charge in [0.05, 0.1) is 12.2 Å². The van der Waals surface area contributed by atoms with E-state index in [4.69, 9.17) is 4.74 Å². The summed E-state index contributed by atoms with van der Waals surface area (Å²) in [6.45, 7) is 4.59. The smallest absolute Gasteiger partial charge is 0.272 e. The molecule has 0 bridgehead atoms. The number of ether oxygens (including phenoxy) is 1. The maximum absolute atomic E-state index is 13.1. The number of aryl methyl sites for hydroxylation is 1. The van der Waals surface area contributed by atoms with Crippen LogP contribution in [0.25, 0.3) is 0 Å². The van der Waals surface area contributed by atoms with Gasteiger partial charge in [-0.1, -0.05) is 12.8 Å². The Bertz CT molecular complexity index is 735. The number of hydrogen-bond donors (Lipinski definition) is 1. The van der Waals surface area contributed by atoms with Gasteiger partial charge in [0.1, 0.15) is 11.3 Å². The first-order valence-corrected chi connectivity index (χ1v) is 9.66. The molecule has 1 aromatic heterocycles. The lowest BCUT2D eigenvalue weighted by atomic mass is 10.0. The van der Waals surface area contributed by atoms with Crippen LogP contribution in [0.1, 0.15) is 74.5 Å². The molecule has 3 aliphatic rings. The highest BCUT2D eigenvalue weighted by Gasteiger charge is 2.52. The van der Waals surface area contributed by atoms with E-state index in [1.54, 1.807) is 23.4 Å². The number of piperidine rings is 1. The first-order chi connectivity index (χ1) is 12.3. The van der Waals surface area contributed by atoms with E-state index >= 15 is 0 Å². The molecule has 0 radical (unpaired) electrons. The second-order valence-corrected chi connectivity index (χ2v) is 8.45. The SMILES string of the molecule is Cn1nc(C2CCCC2)cc1C(=O)N1CCCC2(C1)NC(=O)C(C)(C)O2. The minimum Gasteiger partial charge on any atom is -0.338 e. The van der Waals surface area contributed by atoms with E-state index in [-0.39, 0.29) is 11.8 Å². The summed E-state index contributed by atoms with van der Waals surface area (Å²) in [5, 5.41) is 7.58. The van der Waals surface area contributed by atoms with Gasteiger partial charge in [-0.25, -0.2) is 0 Å². The van der Waals surface area contributed by atoms with Gasteiger partial charge in [0.15, 0.2) is 5.72 Å². The monoisotopic (exact) mass is 360 g/mol. The van der Waals surface area contributed by atoms with Crippen molar-refractivity contribution in [2.24, 2.45) is 7.05 Å². The van der Waals surface area contributed by atoms with Crippen molar-refractivity contribution in [3.8, 4) is 0 Å². The second-order valence-electron chi connectivity index (χ2n) is 8.45. The van der Waals surface area contributed by atoms with Gasteiger partial charge in [0.2, 0.25) is 0 Å². The van der Waals surface area contributed by atoms with E-state index in [0.717, 1.165) is 31.4 Å². The van der Waals surface area contributed by atoms with Gasteiger partial charge >= 0.3 is 0 Å². The van der Waals surface area contributed by atoms with Crippen LogP contribution in [-0.4, -0.2) is 50.9 Å². The van der Waals surface area contributed by atoms with Crippen LogP contribution in [0, 0.1) is 0 Å². The van der Waals surface area contributed by atoms with Gasteiger partial charge in [-0.3, -0.25) is 14.3 Å². The van der Waals surface area contributed by atoms with Crippen LogP contribution in [0.5, 0.6) is 0 Å². The first kappa shape index (κ1) is 17.5. The zero-order valence-electron chi connectivity index (χ0n) is 15.9. The Labute approximate surface area is 154 Å². The molecule has 1 spiro atoms. The summed E-state index contributed by atoms with van der Waals surface area (Å²) in [4.78, 5) is 27.1. The van der Waals surface area contributed by atoms with Crippen molar-refractivity contribution in [1.82, 2.24) is 20.0 Å². The van der Waals surface area contributed by atoms with Crippen molar-refractivity contribution in [1.29, 1.82) is 0 Å². The van der Waals surface area contributed by atoms with Crippen LogP contribution in [0.3, 0.4) is 0 Å². The first-order valence-electron chi connectivity index (χ1n) is 9.66. The van der Waals surface area contributed by atoms with E-state index in [0.29, 0.717) is 24.7 Å². The van der Waals surface area contributed by atoms with E-state index in [1.165, 1.54) is 12.8 Å². The normalized spacial score (nSPS) is 28.7. The fourth-order valence-electron chi connectivity index (χ4n) is 4.57. The van der Waals surface area contributed by atoms with Crippen LogP contribution in [0.2, 0.25) is 0 Å². The molecule has 1 unspecified atom stereocenters. The number of aromatic nitrogens is 2. The van der Waals surface area contributed by atoms with Crippen molar-refractivity contribution in [2.45, 2.75) is 69.6 Å². The molecule has 1 N–H and O–H groups in total. The van der Waals surface area contributed by atoms with Gasteiger partial charge in [0, 0.05) is 19.5 Å². The molecule has 142 valence electrons. The van der Waals surface area contributed by atoms with Crippen LogP contribution >= 0.6 is 0 Å². The molecule has 3 heterocycles. The number of carbonyl (C=O) groups is 2. The van der Waals surface area contributed by atoms with E-state index in [1.807, 2.05) is 13.1 Å². The quantitative estimate of drug-likeness (QED) is 0.874. The highest BCUT2D eigenvalue weighted by Crippen LogP contribution is 2.35. The number of rotatable bonds is 2. The predicted octanol–water partition coefficient (Wildman–Crippen LogP) is 1.93. The van der Waals surface area contributed by atoms with Gasteiger partial charge in [0.25, 0.3) is 11.8 Å². The molecule has 7 nitrogen and oxygen atoms in total. The van der Waals surface area contributed by atoms with Crippen molar-refractivity contribution in [3.63, 3.8) is 0 Å². The number of hydrogen-bond acceptors (Lipinski definition) is 4. The van der Waals surface area contributed by atoms with E-state index in [2.05, 4.69) is 10.4 Å². The zero-order valence-corrected chi connectivity index (χ0v) is 15.9. The van der Waals surface area contributed by atoms with E-state index in [9.17, 15) is 9.59 Å². The Morgan fingerprint density at radius 2 is 2.04 bits per heavy atom. The second kappa shape index (κ2) is 6.08. The zero-order chi connectivity index (χ0) is 18.5. The summed E-state index contributed by atoms with van der Waals surface area (Å²) >= 11 is 0. The Morgan fingerprint density at radius 1 is 1.31 bits per heavy atom. The maximum Gasteiger partial charge on any atom is 0.272 e. The Balaban J connectivity index is 1.52. The van der Waals surface area contributed by atoms with Crippen molar-refractivity contribution >= 4 is 11.8 Å². The standard InChI is InChI=1S/C19H28N4O3/c1-18(2)17(25)20-19(26-18)9-6-10-23(12-19)16(24)15-11-14(21-22(15)3)13-7-4-5-8-13/h11,13H,4-10,12H2,1-3H3,(H,20,25). The Kier molecular flexibility index (Phi) is 4.10. The molecule has 2 saturated heterocycles.